The van der Waals surface area contributed by atoms with Crippen molar-refractivity contribution >= 4 is 28.1 Å². The van der Waals surface area contributed by atoms with Crippen LogP contribution in [-0.4, -0.2) is 43.8 Å². The van der Waals surface area contributed by atoms with Crippen molar-refractivity contribution in [3.63, 3.8) is 0 Å². The van der Waals surface area contributed by atoms with Crippen LogP contribution in [0.1, 0.15) is 13.3 Å². The number of aliphatic hydroxyl groups excluding tert-OH is 1. The van der Waals surface area contributed by atoms with Crippen molar-refractivity contribution in [2.24, 2.45) is 0 Å². The van der Waals surface area contributed by atoms with Crippen LogP contribution in [0.15, 0.2) is 11.0 Å². The van der Waals surface area contributed by atoms with Gasteiger partial charge in [-0.2, -0.15) is 5.10 Å². The molecular formula is C11H18ClN3O3S. The molecule has 0 radical (unpaired) electrons. The third-order valence-corrected chi connectivity index (χ3v) is 3.71. The normalized spacial score (nSPS) is 14.1. The topological polar surface area (TPSA) is 84.2 Å². The first-order valence-corrected chi connectivity index (χ1v) is 7.99. The Morgan fingerprint density at radius 1 is 1.63 bits per heavy atom. The molecule has 0 spiro atoms. The lowest BCUT2D eigenvalue weighted by molar-refractivity contribution is 0.266. The Bertz CT molecular complexity index is 506. The molecule has 1 rings (SSSR count). The number of nitrogens with one attached hydrogen (secondary N) is 1. The van der Waals surface area contributed by atoms with Gasteiger partial charge in [0.25, 0.3) is 5.56 Å². The first kappa shape index (κ1) is 16.1. The molecule has 0 aliphatic rings. The molecule has 0 bridgehead atoms. The highest BCUT2D eigenvalue weighted by Gasteiger charge is 2.11. The van der Waals surface area contributed by atoms with Gasteiger partial charge < -0.3 is 10.4 Å². The second-order valence-corrected chi connectivity index (χ2v) is 6.17. The SMILES string of the molecule is CC(CCS(C)=O)Nc1cnn(CCO)c(=O)c1Cl. The Morgan fingerprint density at radius 3 is 2.89 bits per heavy atom. The van der Waals surface area contributed by atoms with E-state index in [0.717, 1.165) is 4.68 Å². The maximum atomic E-state index is 11.8. The minimum absolute atomic E-state index is 0.0382. The summed E-state index contributed by atoms with van der Waals surface area (Å²) in [6, 6.07) is 0.0382. The molecule has 2 atom stereocenters. The summed E-state index contributed by atoms with van der Waals surface area (Å²) in [7, 11) is -0.842. The minimum Gasteiger partial charge on any atom is -0.394 e. The van der Waals surface area contributed by atoms with Crippen LogP contribution in [0.3, 0.4) is 0 Å². The van der Waals surface area contributed by atoms with Crippen molar-refractivity contribution in [3.8, 4) is 0 Å². The number of aromatic nitrogens is 2. The molecule has 0 aliphatic heterocycles. The average Bonchev–Trinajstić information content (AvgIpc) is 2.36. The molecule has 0 fully saturated rings. The molecule has 0 saturated heterocycles. The summed E-state index contributed by atoms with van der Waals surface area (Å²) in [6.45, 7) is 1.86. The van der Waals surface area contributed by atoms with E-state index in [4.69, 9.17) is 16.7 Å². The first-order valence-electron chi connectivity index (χ1n) is 5.88. The molecule has 2 N–H and O–H groups in total. The van der Waals surface area contributed by atoms with Crippen LogP contribution in [0, 0.1) is 0 Å². The van der Waals surface area contributed by atoms with E-state index < -0.39 is 16.4 Å². The number of hydrogen-bond donors (Lipinski definition) is 2. The lowest BCUT2D eigenvalue weighted by atomic mass is 10.2. The molecule has 0 aliphatic carbocycles. The third kappa shape index (κ3) is 4.93. The van der Waals surface area contributed by atoms with E-state index in [2.05, 4.69) is 10.4 Å². The van der Waals surface area contributed by atoms with Crippen molar-refractivity contribution in [1.82, 2.24) is 9.78 Å². The molecule has 8 heteroatoms. The van der Waals surface area contributed by atoms with E-state index in [0.29, 0.717) is 17.9 Å². The van der Waals surface area contributed by atoms with E-state index in [1.165, 1.54) is 6.20 Å². The standard InChI is InChI=1S/C11H18ClN3O3S/c1-8(3-6-19(2)18)14-9-7-13-15(4-5-16)11(17)10(9)12/h7-8,14,16H,3-6H2,1-2H3. The van der Waals surface area contributed by atoms with Crippen LogP contribution in [0.4, 0.5) is 5.69 Å². The lowest BCUT2D eigenvalue weighted by Crippen LogP contribution is -2.27. The van der Waals surface area contributed by atoms with Gasteiger partial charge in [-0.25, -0.2) is 4.68 Å². The van der Waals surface area contributed by atoms with Crippen LogP contribution < -0.4 is 10.9 Å². The van der Waals surface area contributed by atoms with Gasteiger partial charge >= 0.3 is 0 Å². The summed E-state index contributed by atoms with van der Waals surface area (Å²) in [5, 5.41) is 15.8. The minimum atomic E-state index is -0.842. The fraction of sp³-hybridized carbons (Fsp3) is 0.636. The molecule has 1 aromatic heterocycles. The Kier molecular flexibility index (Phi) is 6.47. The van der Waals surface area contributed by atoms with Gasteiger partial charge in [0.05, 0.1) is 25.0 Å². The maximum Gasteiger partial charge on any atom is 0.287 e. The number of hydrogen-bond acceptors (Lipinski definition) is 5. The molecule has 0 saturated carbocycles. The van der Waals surface area contributed by atoms with E-state index >= 15 is 0 Å². The molecule has 1 heterocycles. The summed E-state index contributed by atoms with van der Waals surface area (Å²) in [6.07, 6.45) is 3.81. The molecule has 0 aromatic carbocycles. The van der Waals surface area contributed by atoms with Gasteiger partial charge in [-0.05, 0) is 13.3 Å². The van der Waals surface area contributed by atoms with Crippen molar-refractivity contribution < 1.29 is 9.32 Å². The summed E-state index contributed by atoms with van der Waals surface area (Å²) < 4.78 is 12.1. The first-order chi connectivity index (χ1) is 8.95. The molecule has 2 unspecified atom stereocenters. The van der Waals surface area contributed by atoms with Crippen molar-refractivity contribution in [1.29, 1.82) is 0 Å². The van der Waals surface area contributed by atoms with Crippen LogP contribution in [-0.2, 0) is 17.3 Å². The van der Waals surface area contributed by atoms with Gasteiger partial charge in [0.1, 0.15) is 5.02 Å². The van der Waals surface area contributed by atoms with Gasteiger partial charge in [-0.1, -0.05) is 11.6 Å². The number of nitrogens with zero attached hydrogens (tertiary/aromatic N) is 2. The highest BCUT2D eigenvalue weighted by Crippen LogP contribution is 2.17. The smallest absolute Gasteiger partial charge is 0.287 e. The van der Waals surface area contributed by atoms with E-state index in [-0.39, 0.29) is 24.2 Å². The number of halogens is 1. The molecule has 0 amide bonds. The van der Waals surface area contributed by atoms with Crippen LogP contribution in [0.2, 0.25) is 5.02 Å². The molecule has 1 aromatic rings. The predicted molar refractivity (Wildman–Crippen MR) is 77.2 cm³/mol. The zero-order valence-electron chi connectivity index (χ0n) is 10.9. The molecule has 19 heavy (non-hydrogen) atoms. The van der Waals surface area contributed by atoms with Gasteiger partial charge in [-0.3, -0.25) is 9.00 Å². The van der Waals surface area contributed by atoms with E-state index in [1.807, 2.05) is 6.92 Å². The molecular weight excluding hydrogens is 290 g/mol. The van der Waals surface area contributed by atoms with Crippen molar-refractivity contribution in [3.05, 3.63) is 21.6 Å². The second-order valence-electron chi connectivity index (χ2n) is 4.24. The maximum absolute atomic E-state index is 11.8. The monoisotopic (exact) mass is 307 g/mol. The number of rotatable bonds is 7. The lowest BCUT2D eigenvalue weighted by Gasteiger charge is -2.15. The zero-order valence-corrected chi connectivity index (χ0v) is 12.5. The predicted octanol–water partition coefficient (Wildman–Crippen LogP) is 0.458. The van der Waals surface area contributed by atoms with Gasteiger partial charge in [-0.15, -0.1) is 0 Å². The largest absolute Gasteiger partial charge is 0.394 e. The second kappa shape index (κ2) is 7.62. The van der Waals surface area contributed by atoms with E-state index in [1.54, 1.807) is 6.26 Å². The third-order valence-electron chi connectivity index (χ3n) is 2.54. The summed E-state index contributed by atoms with van der Waals surface area (Å²) in [5.74, 6) is 0.584. The summed E-state index contributed by atoms with van der Waals surface area (Å²) in [5.41, 5.74) is 0.0160. The Morgan fingerprint density at radius 2 is 2.32 bits per heavy atom. The van der Waals surface area contributed by atoms with Crippen molar-refractivity contribution in [2.45, 2.75) is 25.9 Å². The highest BCUT2D eigenvalue weighted by atomic mass is 35.5. The van der Waals surface area contributed by atoms with E-state index in [9.17, 15) is 9.00 Å². The highest BCUT2D eigenvalue weighted by molar-refractivity contribution is 7.84. The van der Waals surface area contributed by atoms with Gasteiger partial charge in [0, 0.05) is 28.9 Å². The quantitative estimate of drug-likeness (QED) is 0.764. The average molecular weight is 308 g/mol. The van der Waals surface area contributed by atoms with Crippen molar-refractivity contribution in [2.75, 3.05) is 23.9 Å². The fourth-order valence-electron chi connectivity index (χ4n) is 1.50. The number of aliphatic hydroxyl groups is 1. The Balaban J connectivity index is 2.77. The fourth-order valence-corrected chi connectivity index (χ4v) is 2.39. The zero-order chi connectivity index (χ0) is 14.4. The molecule has 6 nitrogen and oxygen atoms in total. The Labute approximate surface area is 119 Å². The van der Waals surface area contributed by atoms with Crippen LogP contribution in [0.5, 0.6) is 0 Å². The van der Waals surface area contributed by atoms with Gasteiger partial charge in [0.15, 0.2) is 0 Å². The number of anilines is 1. The molecule has 108 valence electrons. The Hall–Kier alpha value is -0.920. The van der Waals surface area contributed by atoms with Gasteiger partial charge in [0.2, 0.25) is 0 Å². The summed E-state index contributed by atoms with van der Waals surface area (Å²) >= 11 is 5.96. The summed E-state index contributed by atoms with van der Waals surface area (Å²) in [4.78, 5) is 11.8. The van der Waals surface area contributed by atoms with Crippen LogP contribution in [0.25, 0.3) is 0 Å². The van der Waals surface area contributed by atoms with Crippen LogP contribution >= 0.6 is 11.6 Å².